The molecular weight excluding hydrogens is 322 g/mol. The van der Waals surface area contributed by atoms with Crippen molar-refractivity contribution < 1.29 is 5.11 Å². The van der Waals surface area contributed by atoms with Gasteiger partial charge in [0.25, 0.3) is 5.56 Å². The lowest BCUT2D eigenvalue weighted by atomic mass is 9.73. The van der Waals surface area contributed by atoms with Gasteiger partial charge < -0.3 is 10.4 Å². The Morgan fingerprint density at radius 2 is 2.30 bits per heavy atom. The summed E-state index contributed by atoms with van der Waals surface area (Å²) >= 11 is 3.35. The van der Waals surface area contributed by atoms with Gasteiger partial charge in [-0.1, -0.05) is 26.7 Å². The maximum absolute atomic E-state index is 12.1. The summed E-state index contributed by atoms with van der Waals surface area (Å²) in [7, 11) is 0. The van der Waals surface area contributed by atoms with Crippen molar-refractivity contribution in [1.82, 2.24) is 9.78 Å². The summed E-state index contributed by atoms with van der Waals surface area (Å²) in [4.78, 5) is 12.1. The van der Waals surface area contributed by atoms with E-state index in [2.05, 4.69) is 40.2 Å². The Bertz CT molecular complexity index is 528. The van der Waals surface area contributed by atoms with Crippen LogP contribution in [0, 0.1) is 5.41 Å². The van der Waals surface area contributed by atoms with Gasteiger partial charge in [0.1, 0.15) is 4.47 Å². The van der Waals surface area contributed by atoms with Gasteiger partial charge in [-0.25, -0.2) is 4.68 Å². The van der Waals surface area contributed by atoms with Gasteiger partial charge in [-0.3, -0.25) is 4.79 Å². The number of aliphatic hydroxyl groups excluding tert-OH is 1. The van der Waals surface area contributed by atoms with Crippen molar-refractivity contribution in [2.45, 2.75) is 52.1 Å². The predicted molar refractivity (Wildman–Crippen MR) is 82.9 cm³/mol. The van der Waals surface area contributed by atoms with Gasteiger partial charge >= 0.3 is 0 Å². The van der Waals surface area contributed by atoms with Crippen molar-refractivity contribution in [3.05, 3.63) is 21.0 Å². The average molecular weight is 344 g/mol. The van der Waals surface area contributed by atoms with Gasteiger partial charge in [0.05, 0.1) is 25.0 Å². The van der Waals surface area contributed by atoms with Crippen molar-refractivity contribution in [1.29, 1.82) is 0 Å². The molecule has 0 bridgehead atoms. The predicted octanol–water partition coefficient (Wildman–Crippen LogP) is 2.38. The Labute approximate surface area is 127 Å². The molecule has 2 N–H and O–H groups in total. The lowest BCUT2D eigenvalue weighted by Crippen LogP contribution is -2.39. The van der Waals surface area contributed by atoms with E-state index in [4.69, 9.17) is 5.11 Å². The number of aliphatic hydroxyl groups is 1. The number of hydrogen-bond donors (Lipinski definition) is 2. The lowest BCUT2D eigenvalue weighted by molar-refractivity contribution is 0.217. The fraction of sp³-hybridized carbons (Fsp3) is 0.714. The molecule has 6 heteroatoms. The van der Waals surface area contributed by atoms with Crippen LogP contribution in [0.1, 0.15) is 39.5 Å². The second kappa shape index (κ2) is 6.26. The van der Waals surface area contributed by atoms with Crippen LogP contribution in [-0.4, -0.2) is 27.5 Å². The molecule has 1 aliphatic rings. The molecule has 2 rings (SSSR count). The molecule has 5 nitrogen and oxygen atoms in total. The Hall–Kier alpha value is -0.880. The number of nitrogens with zero attached hydrogens (tertiary/aromatic N) is 2. The van der Waals surface area contributed by atoms with E-state index in [1.165, 1.54) is 23.9 Å². The minimum Gasteiger partial charge on any atom is -0.394 e. The minimum atomic E-state index is -0.210. The van der Waals surface area contributed by atoms with Crippen molar-refractivity contribution in [3.8, 4) is 0 Å². The molecule has 1 saturated carbocycles. The number of nitrogens with one attached hydrogen (secondary N) is 1. The van der Waals surface area contributed by atoms with E-state index >= 15 is 0 Å². The summed E-state index contributed by atoms with van der Waals surface area (Å²) in [5.74, 6) is 0. The van der Waals surface area contributed by atoms with Gasteiger partial charge in [-0.05, 0) is 34.2 Å². The number of hydrogen-bond acceptors (Lipinski definition) is 4. The molecule has 1 aromatic rings. The fourth-order valence-corrected chi connectivity index (χ4v) is 3.19. The maximum atomic E-state index is 12.1. The summed E-state index contributed by atoms with van der Waals surface area (Å²) < 4.78 is 1.75. The lowest BCUT2D eigenvalue weighted by Gasteiger charge is -2.39. The first-order valence-corrected chi connectivity index (χ1v) is 7.88. The third-order valence-corrected chi connectivity index (χ3v) is 4.90. The van der Waals surface area contributed by atoms with E-state index in [0.717, 1.165) is 12.1 Å². The van der Waals surface area contributed by atoms with E-state index in [-0.39, 0.29) is 24.1 Å². The number of rotatable bonds is 4. The zero-order chi connectivity index (χ0) is 14.8. The average Bonchev–Trinajstić information content (AvgIpc) is 2.40. The van der Waals surface area contributed by atoms with Gasteiger partial charge in [0.2, 0.25) is 0 Å². The summed E-state index contributed by atoms with van der Waals surface area (Å²) in [5.41, 5.74) is 0.749. The number of halogens is 1. The SMILES string of the molecule is CC1(C)CCCCC1Nc1cnn(CCO)c(=O)c1Br. The molecule has 1 heterocycles. The highest BCUT2D eigenvalue weighted by molar-refractivity contribution is 9.10. The van der Waals surface area contributed by atoms with Crippen molar-refractivity contribution in [2.24, 2.45) is 5.41 Å². The van der Waals surface area contributed by atoms with Crippen molar-refractivity contribution in [3.63, 3.8) is 0 Å². The highest BCUT2D eigenvalue weighted by Crippen LogP contribution is 2.37. The smallest absolute Gasteiger partial charge is 0.283 e. The number of anilines is 1. The summed E-state index contributed by atoms with van der Waals surface area (Å²) in [5, 5.41) is 16.5. The second-order valence-electron chi connectivity index (χ2n) is 6.06. The van der Waals surface area contributed by atoms with Crippen LogP contribution in [0.2, 0.25) is 0 Å². The second-order valence-corrected chi connectivity index (χ2v) is 6.85. The third-order valence-electron chi connectivity index (χ3n) is 4.13. The van der Waals surface area contributed by atoms with E-state index in [1.807, 2.05) is 0 Å². The van der Waals surface area contributed by atoms with Crippen LogP contribution < -0.4 is 10.9 Å². The molecule has 1 atom stereocenters. The largest absolute Gasteiger partial charge is 0.394 e. The van der Waals surface area contributed by atoms with Crippen LogP contribution in [0.5, 0.6) is 0 Å². The third kappa shape index (κ3) is 3.23. The molecular formula is C14H22BrN3O2. The Morgan fingerprint density at radius 1 is 1.55 bits per heavy atom. The van der Waals surface area contributed by atoms with Crippen LogP contribution in [0.3, 0.4) is 0 Å². The normalized spacial score (nSPS) is 21.7. The molecule has 0 aliphatic heterocycles. The van der Waals surface area contributed by atoms with Crippen molar-refractivity contribution >= 4 is 21.6 Å². The van der Waals surface area contributed by atoms with Gasteiger partial charge in [0.15, 0.2) is 0 Å². The molecule has 1 aliphatic carbocycles. The first-order chi connectivity index (χ1) is 9.45. The van der Waals surface area contributed by atoms with Gasteiger partial charge in [-0.15, -0.1) is 0 Å². The van der Waals surface area contributed by atoms with Crippen LogP contribution in [-0.2, 0) is 6.54 Å². The fourth-order valence-electron chi connectivity index (χ4n) is 2.77. The molecule has 0 saturated heterocycles. The van der Waals surface area contributed by atoms with Crippen LogP contribution in [0.15, 0.2) is 15.5 Å². The van der Waals surface area contributed by atoms with Crippen LogP contribution in [0.25, 0.3) is 0 Å². The summed E-state index contributed by atoms with van der Waals surface area (Å²) in [6.07, 6.45) is 6.44. The standard InChI is InChI=1S/C14H22BrN3O2/c1-14(2)6-4-3-5-11(14)17-10-9-16-18(7-8-19)13(20)12(10)15/h9,11,17,19H,3-8H2,1-2H3. The highest BCUT2D eigenvalue weighted by Gasteiger charge is 2.32. The monoisotopic (exact) mass is 343 g/mol. The molecule has 20 heavy (non-hydrogen) atoms. The van der Waals surface area contributed by atoms with Crippen LogP contribution >= 0.6 is 15.9 Å². The zero-order valence-electron chi connectivity index (χ0n) is 12.0. The Kier molecular flexibility index (Phi) is 4.86. The highest BCUT2D eigenvalue weighted by atomic mass is 79.9. The van der Waals surface area contributed by atoms with Gasteiger partial charge in [-0.2, -0.15) is 5.10 Å². The van der Waals surface area contributed by atoms with E-state index < -0.39 is 0 Å². The molecule has 0 spiro atoms. The Balaban J connectivity index is 2.21. The topological polar surface area (TPSA) is 67.2 Å². The first-order valence-electron chi connectivity index (χ1n) is 7.09. The first kappa shape index (κ1) is 15.5. The molecule has 0 radical (unpaired) electrons. The summed E-state index contributed by atoms with van der Waals surface area (Å²) in [6, 6.07) is 0.349. The molecule has 1 fully saturated rings. The quantitative estimate of drug-likeness (QED) is 0.880. The maximum Gasteiger partial charge on any atom is 0.283 e. The molecule has 1 unspecified atom stereocenters. The Morgan fingerprint density at radius 3 is 2.95 bits per heavy atom. The minimum absolute atomic E-state index is 0.0955. The molecule has 0 amide bonds. The van der Waals surface area contributed by atoms with E-state index in [9.17, 15) is 4.79 Å². The molecule has 0 aromatic carbocycles. The summed E-state index contributed by atoms with van der Waals surface area (Å²) in [6.45, 7) is 4.64. The van der Waals surface area contributed by atoms with Gasteiger partial charge in [0, 0.05) is 6.04 Å². The zero-order valence-corrected chi connectivity index (χ0v) is 13.6. The van der Waals surface area contributed by atoms with E-state index in [0.29, 0.717) is 10.5 Å². The van der Waals surface area contributed by atoms with Crippen LogP contribution in [0.4, 0.5) is 5.69 Å². The van der Waals surface area contributed by atoms with Crippen molar-refractivity contribution in [2.75, 3.05) is 11.9 Å². The number of aromatic nitrogens is 2. The molecule has 112 valence electrons. The molecule has 1 aromatic heterocycles. The van der Waals surface area contributed by atoms with E-state index in [1.54, 1.807) is 6.20 Å².